The van der Waals surface area contributed by atoms with Gasteiger partial charge in [0.15, 0.2) is 11.6 Å². The largest absolute Gasteiger partial charge is 0.503 e. The predicted octanol–water partition coefficient (Wildman–Crippen LogP) is 4.30. The number of aromatic hydroxyl groups is 1. The Kier molecular flexibility index (Phi) is 4.02. The second-order valence-corrected chi connectivity index (χ2v) is 4.31. The van der Waals surface area contributed by atoms with Gasteiger partial charge in [-0.2, -0.15) is 17.6 Å². The Labute approximate surface area is 116 Å². The molecule has 2 nitrogen and oxygen atoms in total. The molecule has 2 rings (SSSR count). The first kappa shape index (κ1) is 15.1. The number of phenols is 1. The Balaban J connectivity index is 2.16. The summed E-state index contributed by atoms with van der Waals surface area (Å²) in [5.41, 5.74) is -0.628. The summed E-state index contributed by atoms with van der Waals surface area (Å²) in [5.74, 6) is -3.54. The van der Waals surface area contributed by atoms with Crippen LogP contribution in [0.25, 0.3) is 0 Å². The zero-order chi connectivity index (χ0) is 15.6. The third kappa shape index (κ3) is 3.42. The topological polar surface area (TPSA) is 32.3 Å². The van der Waals surface area contributed by atoms with E-state index in [2.05, 4.69) is 5.32 Å². The first-order valence-electron chi connectivity index (χ1n) is 5.86. The Morgan fingerprint density at radius 1 is 1.05 bits per heavy atom. The summed E-state index contributed by atoms with van der Waals surface area (Å²) in [6.07, 6.45) is -4.46. The molecular weight excluding hydrogens is 293 g/mol. The van der Waals surface area contributed by atoms with E-state index in [9.17, 15) is 27.1 Å². The average molecular weight is 303 g/mol. The van der Waals surface area contributed by atoms with E-state index in [1.165, 1.54) is 12.1 Å². The van der Waals surface area contributed by atoms with Gasteiger partial charge in [0, 0.05) is 6.54 Å². The van der Waals surface area contributed by atoms with Gasteiger partial charge in [-0.1, -0.05) is 12.1 Å². The maximum atomic E-state index is 13.1. The first-order chi connectivity index (χ1) is 9.79. The highest BCUT2D eigenvalue weighted by molar-refractivity contribution is 5.56. The predicted molar refractivity (Wildman–Crippen MR) is 66.8 cm³/mol. The Bertz CT molecular complexity index is 654. The molecule has 7 heteroatoms. The van der Waals surface area contributed by atoms with Crippen LogP contribution in [-0.4, -0.2) is 5.11 Å². The van der Waals surface area contributed by atoms with Crippen molar-refractivity contribution in [3.05, 3.63) is 59.2 Å². The molecule has 21 heavy (non-hydrogen) atoms. The second-order valence-electron chi connectivity index (χ2n) is 4.31. The summed E-state index contributed by atoms with van der Waals surface area (Å²) in [7, 11) is 0. The number of rotatable bonds is 3. The standard InChI is InChI=1S/C14H10F5NO/c15-10-4-5-11(13(21)12(10)16)20-7-8-2-1-3-9(6-8)14(17,18)19/h1-6,20-21H,7H2. The van der Waals surface area contributed by atoms with Crippen molar-refractivity contribution in [2.75, 3.05) is 5.32 Å². The van der Waals surface area contributed by atoms with Crippen LogP contribution >= 0.6 is 0 Å². The second kappa shape index (κ2) is 5.59. The normalized spacial score (nSPS) is 11.5. The van der Waals surface area contributed by atoms with Crippen molar-refractivity contribution in [1.29, 1.82) is 0 Å². The lowest BCUT2D eigenvalue weighted by Crippen LogP contribution is -2.07. The molecule has 0 saturated carbocycles. The summed E-state index contributed by atoms with van der Waals surface area (Å²) in [4.78, 5) is 0. The molecule has 0 aliphatic heterocycles. The summed E-state index contributed by atoms with van der Waals surface area (Å²) in [6, 6.07) is 6.46. The van der Waals surface area contributed by atoms with Gasteiger partial charge in [-0.25, -0.2) is 4.39 Å². The molecule has 0 spiro atoms. The minimum Gasteiger partial charge on any atom is -0.503 e. The summed E-state index contributed by atoms with van der Waals surface area (Å²) in [6.45, 7) is -0.0808. The fraction of sp³-hybridized carbons (Fsp3) is 0.143. The van der Waals surface area contributed by atoms with Gasteiger partial charge < -0.3 is 10.4 Å². The van der Waals surface area contributed by atoms with Crippen LogP contribution in [0.5, 0.6) is 5.75 Å². The molecule has 0 aromatic heterocycles. The fourth-order valence-electron chi connectivity index (χ4n) is 1.74. The first-order valence-corrected chi connectivity index (χ1v) is 5.86. The maximum Gasteiger partial charge on any atom is 0.416 e. The zero-order valence-corrected chi connectivity index (χ0v) is 10.5. The number of phenolic OH excluding ortho intramolecular Hbond substituents is 1. The number of anilines is 1. The van der Waals surface area contributed by atoms with E-state index in [0.717, 1.165) is 24.3 Å². The molecular formula is C14H10F5NO. The molecule has 2 aromatic carbocycles. The summed E-state index contributed by atoms with van der Waals surface area (Å²) in [5, 5.41) is 11.9. The Morgan fingerprint density at radius 3 is 2.43 bits per heavy atom. The van der Waals surface area contributed by atoms with Gasteiger partial charge in [-0.3, -0.25) is 0 Å². The van der Waals surface area contributed by atoms with Crippen LogP contribution in [-0.2, 0) is 12.7 Å². The molecule has 0 saturated heterocycles. The fourth-order valence-corrected chi connectivity index (χ4v) is 1.74. The van der Waals surface area contributed by atoms with E-state index >= 15 is 0 Å². The van der Waals surface area contributed by atoms with Gasteiger partial charge in [0.1, 0.15) is 0 Å². The average Bonchev–Trinajstić information content (AvgIpc) is 2.43. The Hall–Kier alpha value is -2.31. The van der Waals surface area contributed by atoms with Crippen molar-refractivity contribution in [2.45, 2.75) is 12.7 Å². The lowest BCUT2D eigenvalue weighted by molar-refractivity contribution is -0.137. The van der Waals surface area contributed by atoms with E-state index in [4.69, 9.17) is 0 Å². The molecule has 2 N–H and O–H groups in total. The van der Waals surface area contributed by atoms with E-state index in [-0.39, 0.29) is 17.8 Å². The van der Waals surface area contributed by atoms with Crippen LogP contribution in [0.4, 0.5) is 27.6 Å². The van der Waals surface area contributed by atoms with Gasteiger partial charge in [-0.15, -0.1) is 0 Å². The molecule has 0 heterocycles. The van der Waals surface area contributed by atoms with E-state index < -0.39 is 29.1 Å². The van der Waals surface area contributed by atoms with Gasteiger partial charge in [0.2, 0.25) is 5.82 Å². The van der Waals surface area contributed by atoms with Crippen LogP contribution < -0.4 is 5.32 Å². The van der Waals surface area contributed by atoms with Crippen LogP contribution in [0.2, 0.25) is 0 Å². The van der Waals surface area contributed by atoms with Crippen LogP contribution in [0.1, 0.15) is 11.1 Å². The number of alkyl halides is 3. The molecule has 0 aliphatic rings. The highest BCUT2D eigenvalue weighted by Crippen LogP contribution is 2.31. The van der Waals surface area contributed by atoms with Crippen molar-refractivity contribution in [3.63, 3.8) is 0 Å². The lowest BCUT2D eigenvalue weighted by Gasteiger charge is -2.11. The van der Waals surface area contributed by atoms with Crippen molar-refractivity contribution in [3.8, 4) is 5.75 Å². The molecule has 0 fully saturated rings. The lowest BCUT2D eigenvalue weighted by atomic mass is 10.1. The van der Waals surface area contributed by atoms with Crippen LogP contribution in [0, 0.1) is 11.6 Å². The van der Waals surface area contributed by atoms with Gasteiger partial charge in [0.25, 0.3) is 0 Å². The van der Waals surface area contributed by atoms with Crippen molar-refractivity contribution in [1.82, 2.24) is 0 Å². The van der Waals surface area contributed by atoms with Crippen molar-refractivity contribution < 1.29 is 27.1 Å². The summed E-state index contributed by atoms with van der Waals surface area (Å²) >= 11 is 0. The molecule has 2 aromatic rings. The van der Waals surface area contributed by atoms with Crippen LogP contribution in [0.3, 0.4) is 0 Å². The molecule has 0 atom stereocenters. The number of hydrogen-bond acceptors (Lipinski definition) is 2. The highest BCUT2D eigenvalue weighted by atomic mass is 19.4. The quantitative estimate of drug-likeness (QED) is 0.654. The Morgan fingerprint density at radius 2 is 1.76 bits per heavy atom. The smallest absolute Gasteiger partial charge is 0.416 e. The molecule has 0 amide bonds. The number of benzene rings is 2. The maximum absolute atomic E-state index is 13.1. The van der Waals surface area contributed by atoms with Gasteiger partial charge in [-0.05, 0) is 29.8 Å². The zero-order valence-electron chi connectivity index (χ0n) is 10.5. The van der Waals surface area contributed by atoms with Crippen molar-refractivity contribution in [2.24, 2.45) is 0 Å². The van der Waals surface area contributed by atoms with Crippen molar-refractivity contribution >= 4 is 5.69 Å². The van der Waals surface area contributed by atoms with E-state index in [0.29, 0.717) is 0 Å². The monoisotopic (exact) mass is 303 g/mol. The van der Waals surface area contributed by atoms with Crippen LogP contribution in [0.15, 0.2) is 36.4 Å². The van der Waals surface area contributed by atoms with Gasteiger partial charge >= 0.3 is 6.18 Å². The highest BCUT2D eigenvalue weighted by Gasteiger charge is 2.30. The summed E-state index contributed by atoms with van der Waals surface area (Å²) < 4.78 is 63.6. The molecule has 112 valence electrons. The van der Waals surface area contributed by atoms with E-state index in [1.807, 2.05) is 0 Å². The van der Waals surface area contributed by atoms with Gasteiger partial charge in [0.05, 0.1) is 11.3 Å². The van der Waals surface area contributed by atoms with E-state index in [1.54, 1.807) is 0 Å². The third-order valence-electron chi connectivity index (χ3n) is 2.81. The molecule has 0 bridgehead atoms. The molecule has 0 unspecified atom stereocenters. The number of nitrogens with one attached hydrogen (secondary N) is 1. The number of halogens is 5. The molecule has 0 aliphatic carbocycles. The molecule has 0 radical (unpaired) electrons. The minimum atomic E-state index is -4.46. The SMILES string of the molecule is Oc1c(NCc2cccc(C(F)(F)F)c2)ccc(F)c1F. The third-order valence-corrected chi connectivity index (χ3v) is 2.81. The number of hydrogen-bond donors (Lipinski definition) is 2. The minimum absolute atomic E-state index is 0.0808.